The molecule has 76 valence electrons. The maximum atomic E-state index is 12.4. The van der Waals surface area contributed by atoms with E-state index in [0.29, 0.717) is 5.92 Å². The van der Waals surface area contributed by atoms with Crippen molar-refractivity contribution in [2.24, 2.45) is 11.3 Å². The van der Waals surface area contributed by atoms with Crippen LogP contribution in [0.25, 0.3) is 0 Å². The van der Waals surface area contributed by atoms with Crippen molar-refractivity contribution in [2.45, 2.75) is 39.7 Å². The van der Waals surface area contributed by atoms with Crippen LogP contribution in [0, 0.1) is 11.3 Å². The highest BCUT2D eigenvalue weighted by molar-refractivity contribution is 5.82. The number of amides is 1. The van der Waals surface area contributed by atoms with Crippen LogP contribution in [0.5, 0.6) is 0 Å². The smallest absolute Gasteiger partial charge is 0.252 e. The molecule has 0 aromatic rings. The van der Waals surface area contributed by atoms with Crippen molar-refractivity contribution in [3.63, 3.8) is 0 Å². The normalized spacial score (nSPS) is 27.5. The van der Waals surface area contributed by atoms with E-state index in [0.717, 1.165) is 6.42 Å². The number of nitrogens with one attached hydrogen (secondary N) is 1. The largest absolute Gasteiger partial charge is 0.352 e. The Morgan fingerprint density at radius 3 is 2.31 bits per heavy atom. The van der Waals surface area contributed by atoms with Crippen LogP contribution in [0.15, 0.2) is 0 Å². The van der Waals surface area contributed by atoms with Gasteiger partial charge in [0.05, 0.1) is 0 Å². The topological polar surface area (TPSA) is 29.1 Å². The second kappa shape index (κ2) is 3.24. The predicted octanol–water partition coefficient (Wildman–Crippen LogP) is 1.80. The van der Waals surface area contributed by atoms with Gasteiger partial charge in [0.1, 0.15) is 5.41 Å². The van der Waals surface area contributed by atoms with Gasteiger partial charge in [0.25, 0.3) is 6.43 Å². The van der Waals surface area contributed by atoms with Gasteiger partial charge in [0, 0.05) is 6.04 Å². The lowest BCUT2D eigenvalue weighted by Gasteiger charge is -2.22. The van der Waals surface area contributed by atoms with Crippen molar-refractivity contribution < 1.29 is 13.6 Å². The molecule has 1 fully saturated rings. The number of hydrogen-bond acceptors (Lipinski definition) is 1. The van der Waals surface area contributed by atoms with Crippen LogP contribution in [0.4, 0.5) is 8.78 Å². The predicted molar refractivity (Wildman–Crippen MR) is 45.5 cm³/mol. The van der Waals surface area contributed by atoms with Crippen LogP contribution >= 0.6 is 0 Å². The Labute approximate surface area is 76.7 Å². The molecule has 0 spiro atoms. The highest BCUT2D eigenvalue weighted by Crippen LogP contribution is 2.32. The van der Waals surface area contributed by atoms with Crippen LogP contribution in [0.2, 0.25) is 0 Å². The second-order valence-electron chi connectivity index (χ2n) is 4.32. The average Bonchev–Trinajstić information content (AvgIpc) is 2.65. The number of rotatable bonds is 3. The number of alkyl halides is 2. The zero-order chi connectivity index (χ0) is 10.2. The first-order valence-electron chi connectivity index (χ1n) is 4.45. The molecule has 0 aliphatic heterocycles. The van der Waals surface area contributed by atoms with E-state index >= 15 is 0 Å². The quantitative estimate of drug-likeness (QED) is 0.724. The SMILES string of the molecule is CC1CC1NC(=O)C(C)(C)C(F)F. The Balaban J connectivity index is 2.46. The molecule has 1 N–H and O–H groups in total. The minimum atomic E-state index is -2.61. The van der Waals surface area contributed by atoms with E-state index in [9.17, 15) is 13.6 Å². The fourth-order valence-electron chi connectivity index (χ4n) is 0.977. The summed E-state index contributed by atoms with van der Waals surface area (Å²) < 4.78 is 24.7. The third-order valence-corrected chi connectivity index (χ3v) is 2.56. The van der Waals surface area contributed by atoms with Gasteiger partial charge >= 0.3 is 0 Å². The zero-order valence-corrected chi connectivity index (χ0v) is 8.10. The van der Waals surface area contributed by atoms with Crippen LogP contribution < -0.4 is 5.32 Å². The van der Waals surface area contributed by atoms with Crippen LogP contribution in [-0.2, 0) is 4.79 Å². The molecule has 2 nitrogen and oxygen atoms in total. The fraction of sp³-hybridized carbons (Fsp3) is 0.889. The van der Waals surface area contributed by atoms with Gasteiger partial charge in [0.2, 0.25) is 5.91 Å². The van der Waals surface area contributed by atoms with E-state index in [1.807, 2.05) is 6.92 Å². The summed E-state index contributed by atoms with van der Waals surface area (Å²) in [7, 11) is 0. The van der Waals surface area contributed by atoms with Gasteiger partial charge in [-0.3, -0.25) is 4.79 Å². The van der Waals surface area contributed by atoms with Crippen molar-refractivity contribution >= 4 is 5.91 Å². The van der Waals surface area contributed by atoms with Crippen molar-refractivity contribution in [1.29, 1.82) is 0 Å². The van der Waals surface area contributed by atoms with Gasteiger partial charge in [0.15, 0.2) is 0 Å². The van der Waals surface area contributed by atoms with E-state index in [1.54, 1.807) is 0 Å². The van der Waals surface area contributed by atoms with Crippen molar-refractivity contribution in [3.8, 4) is 0 Å². The zero-order valence-electron chi connectivity index (χ0n) is 8.10. The molecule has 0 heterocycles. The lowest BCUT2D eigenvalue weighted by molar-refractivity contribution is -0.137. The van der Waals surface area contributed by atoms with E-state index in [2.05, 4.69) is 5.32 Å². The molecule has 1 amide bonds. The first-order chi connectivity index (χ1) is 5.85. The molecule has 0 aromatic heterocycles. The Hall–Kier alpha value is -0.670. The van der Waals surface area contributed by atoms with Crippen LogP contribution in [0.1, 0.15) is 27.2 Å². The van der Waals surface area contributed by atoms with Crippen molar-refractivity contribution in [2.75, 3.05) is 0 Å². The number of carbonyl (C=O) groups excluding carboxylic acids is 1. The minimum absolute atomic E-state index is 0.116. The number of hydrogen-bond donors (Lipinski definition) is 1. The maximum Gasteiger partial charge on any atom is 0.252 e. The Morgan fingerprint density at radius 1 is 1.54 bits per heavy atom. The highest BCUT2D eigenvalue weighted by atomic mass is 19.3. The average molecular weight is 191 g/mol. The summed E-state index contributed by atoms with van der Waals surface area (Å²) in [6, 6.07) is 0.116. The molecular formula is C9H15F2NO. The van der Waals surface area contributed by atoms with Crippen molar-refractivity contribution in [3.05, 3.63) is 0 Å². The summed E-state index contributed by atoms with van der Waals surface area (Å²) in [6.45, 7) is 4.51. The van der Waals surface area contributed by atoms with Crippen LogP contribution in [-0.4, -0.2) is 18.4 Å². The molecule has 2 unspecified atom stereocenters. The molecule has 1 saturated carbocycles. The Bertz CT molecular complexity index is 216. The van der Waals surface area contributed by atoms with Gasteiger partial charge in [-0.1, -0.05) is 6.92 Å². The van der Waals surface area contributed by atoms with E-state index in [4.69, 9.17) is 0 Å². The first-order valence-corrected chi connectivity index (χ1v) is 4.45. The van der Waals surface area contributed by atoms with Crippen LogP contribution in [0.3, 0.4) is 0 Å². The molecule has 2 atom stereocenters. The summed E-state index contributed by atoms with van der Waals surface area (Å²) in [4.78, 5) is 11.3. The van der Waals surface area contributed by atoms with Gasteiger partial charge in [-0.15, -0.1) is 0 Å². The third-order valence-electron chi connectivity index (χ3n) is 2.56. The van der Waals surface area contributed by atoms with E-state index in [1.165, 1.54) is 13.8 Å². The molecule has 1 aliphatic carbocycles. The van der Waals surface area contributed by atoms with E-state index < -0.39 is 17.7 Å². The number of halogens is 2. The lowest BCUT2D eigenvalue weighted by atomic mass is 9.93. The summed E-state index contributed by atoms with van der Waals surface area (Å²) in [5.74, 6) is -0.103. The lowest BCUT2D eigenvalue weighted by Crippen LogP contribution is -2.42. The fourth-order valence-corrected chi connectivity index (χ4v) is 0.977. The molecular weight excluding hydrogens is 176 g/mol. The summed E-state index contributed by atoms with van der Waals surface area (Å²) in [5.41, 5.74) is -1.57. The Kier molecular flexibility index (Phi) is 2.59. The summed E-state index contributed by atoms with van der Waals surface area (Å²) in [6.07, 6.45) is -1.70. The second-order valence-corrected chi connectivity index (χ2v) is 4.32. The van der Waals surface area contributed by atoms with Crippen molar-refractivity contribution in [1.82, 2.24) is 5.32 Å². The molecule has 13 heavy (non-hydrogen) atoms. The monoisotopic (exact) mass is 191 g/mol. The summed E-state index contributed by atoms with van der Waals surface area (Å²) >= 11 is 0. The van der Waals surface area contributed by atoms with Gasteiger partial charge < -0.3 is 5.32 Å². The minimum Gasteiger partial charge on any atom is -0.352 e. The molecule has 0 saturated heterocycles. The Morgan fingerprint density at radius 2 is 2.00 bits per heavy atom. The molecule has 4 heteroatoms. The molecule has 1 aliphatic rings. The van der Waals surface area contributed by atoms with Gasteiger partial charge in [-0.2, -0.15) is 0 Å². The molecule has 0 bridgehead atoms. The van der Waals surface area contributed by atoms with Gasteiger partial charge in [-0.05, 0) is 26.2 Å². The third kappa shape index (κ3) is 2.17. The standard InChI is InChI=1S/C9H15F2NO/c1-5-4-6(5)12-8(13)9(2,3)7(10)11/h5-7H,4H2,1-3H3,(H,12,13). The summed E-state index contributed by atoms with van der Waals surface area (Å²) in [5, 5.41) is 2.61. The number of carbonyl (C=O) groups is 1. The first kappa shape index (κ1) is 10.4. The highest BCUT2D eigenvalue weighted by Gasteiger charge is 2.42. The molecule has 0 radical (unpaired) electrons. The molecule has 1 rings (SSSR count). The molecule has 0 aromatic carbocycles. The van der Waals surface area contributed by atoms with E-state index in [-0.39, 0.29) is 6.04 Å². The maximum absolute atomic E-state index is 12.4. The van der Waals surface area contributed by atoms with Gasteiger partial charge in [-0.25, -0.2) is 8.78 Å².